The zero-order valence-corrected chi connectivity index (χ0v) is 35.0. The summed E-state index contributed by atoms with van der Waals surface area (Å²) in [4.78, 5) is 0. The molecule has 0 saturated heterocycles. The van der Waals surface area contributed by atoms with E-state index in [-0.39, 0.29) is 16.8 Å². The Morgan fingerprint density at radius 1 is 0.125 bits per heavy atom. The molecule has 0 unspecified atom stereocenters. The average Bonchev–Trinajstić information content (AvgIpc) is 2.89. The van der Waals surface area contributed by atoms with Crippen LogP contribution < -0.4 is 0 Å². The average molecular weight is 743 g/mol. The summed E-state index contributed by atoms with van der Waals surface area (Å²) in [5, 5.41) is 0. The van der Waals surface area contributed by atoms with E-state index in [1.54, 1.807) is 154 Å². The second kappa shape index (κ2) is 9.25. The van der Waals surface area contributed by atoms with Crippen LogP contribution in [0.15, 0.2) is 0 Å². The Hall–Kier alpha value is 0.130. The molecule has 24 saturated carbocycles. The van der Waals surface area contributed by atoms with Crippen LogP contribution in [0.4, 0.5) is 0 Å². The van der Waals surface area contributed by atoms with E-state index < -0.39 is 0 Å². The topological polar surface area (TPSA) is 0 Å². The molecule has 24 aliphatic rings. The summed E-state index contributed by atoms with van der Waals surface area (Å²) in [5.74, 6) is 30.0. The Kier molecular flexibility index (Phi) is 5.42. The molecule has 0 amide bonds. The van der Waals surface area contributed by atoms with Gasteiger partial charge in [-0.3, -0.25) is 0 Å². The van der Waals surface area contributed by atoms with Crippen molar-refractivity contribution < 1.29 is 0 Å². The van der Waals surface area contributed by atoms with E-state index in [1.807, 2.05) is 0 Å². The molecule has 56 heavy (non-hydrogen) atoms. The molecule has 6 spiro atoms. The molecule has 6 radical (unpaired) electrons. The van der Waals surface area contributed by atoms with Crippen LogP contribution >= 0.6 is 0 Å². The highest BCUT2D eigenvalue weighted by Gasteiger charge is 2.84. The maximum Gasteiger partial charge on any atom is 0 e. The molecule has 24 aliphatic carbocycles. The quantitative estimate of drug-likeness (QED) is 0.217. The molecule has 294 valence electrons. The third-order valence-electron chi connectivity index (χ3n) is 30.6. The van der Waals surface area contributed by atoms with Gasteiger partial charge in [0.15, 0.2) is 0 Å². The van der Waals surface area contributed by atoms with Crippen LogP contribution in [-0.2, 0) is 0 Å². The molecule has 0 aromatic rings. The first-order valence-corrected chi connectivity index (χ1v) is 26.5. The zero-order valence-electron chi connectivity index (χ0n) is 35.0. The molecule has 0 N–H and O–H groups in total. The summed E-state index contributed by atoms with van der Waals surface area (Å²) in [6.07, 6.45) is 39.2. The van der Waals surface area contributed by atoms with Gasteiger partial charge in [0.25, 0.3) is 0 Å². The maximum atomic E-state index is 1.63. The number of hydrogen-bond acceptors (Lipinski definition) is 0. The van der Waals surface area contributed by atoms with Gasteiger partial charge < -0.3 is 0 Å². The zero-order chi connectivity index (χ0) is 33.8. The summed E-state index contributed by atoms with van der Waals surface area (Å²) in [6.45, 7) is 0. The summed E-state index contributed by atoms with van der Waals surface area (Å²) in [7, 11) is 0. The van der Waals surface area contributed by atoms with E-state index >= 15 is 0 Å². The predicted octanol–water partition coefficient (Wildman–Crippen LogP) is 11.6. The Labute approximate surface area is 344 Å². The Bertz CT molecular complexity index is 1200. The van der Waals surface area contributed by atoms with Gasteiger partial charge in [-0.05, 0) is 329 Å². The van der Waals surface area contributed by atoms with Crippen molar-refractivity contribution in [2.75, 3.05) is 0 Å². The van der Waals surface area contributed by atoms with Crippen LogP contribution in [0.2, 0.25) is 0 Å². The lowest BCUT2D eigenvalue weighted by Crippen LogP contribution is -2.79. The first kappa shape index (κ1) is 32.8. The molecule has 0 aliphatic heterocycles. The first-order valence-electron chi connectivity index (χ1n) is 26.5. The largest absolute Gasteiger partial charge is 0.0464 e. The van der Waals surface area contributed by atoms with Crippen molar-refractivity contribution in [1.29, 1.82) is 0 Å². The van der Waals surface area contributed by atoms with Gasteiger partial charge in [-0.2, -0.15) is 0 Å². The normalized spacial score (nSPS) is 77.1. The smallest absolute Gasteiger partial charge is 0 e. The van der Waals surface area contributed by atoms with Gasteiger partial charge in [0.1, 0.15) is 0 Å². The maximum absolute atomic E-state index is 1.63. The van der Waals surface area contributed by atoms with Gasteiger partial charge in [0, 0.05) is 16.8 Å². The highest BCUT2D eigenvalue weighted by molar-refractivity contribution is 5.76. The third kappa shape index (κ3) is 2.65. The van der Waals surface area contributed by atoms with E-state index in [0.717, 1.165) is 32.5 Å². The third-order valence-corrected chi connectivity index (χ3v) is 30.6. The minimum Gasteiger partial charge on any atom is -0.0464 e. The summed E-state index contributed by atoms with van der Waals surface area (Å²) in [5.41, 5.74) is 6.33. The van der Waals surface area contributed by atoms with Crippen molar-refractivity contribution in [3.8, 4) is 0 Å². The van der Waals surface area contributed by atoms with Gasteiger partial charge in [0.05, 0.1) is 0 Å². The van der Waals surface area contributed by atoms with Crippen LogP contribution in [0.3, 0.4) is 0 Å². The SMILES string of the molecule is C1C2CC3CC4CC1C234.C1C2CC3CC4CC1C234.C1C2CC3CC4CC1C234.C1C2CC3CC4CC1C234.C1C2CC3CC4CC1C234.C1C2CC3CC4CC1C234.[B].[B]. The van der Waals surface area contributed by atoms with E-state index in [4.69, 9.17) is 0 Å². The number of rotatable bonds is 0. The van der Waals surface area contributed by atoms with E-state index in [9.17, 15) is 0 Å². The van der Waals surface area contributed by atoms with E-state index in [0.29, 0.717) is 0 Å². The fourth-order valence-electron chi connectivity index (χ4n) is 28.5. The van der Waals surface area contributed by atoms with Gasteiger partial charge >= 0.3 is 0 Å². The number of hydrogen-bond donors (Lipinski definition) is 0. The molecule has 0 bridgehead atoms. The fraction of sp³-hybridized carbons (Fsp3) is 1.00. The molecule has 24 rings (SSSR count). The van der Waals surface area contributed by atoms with Gasteiger partial charge in [0.2, 0.25) is 0 Å². The van der Waals surface area contributed by atoms with Gasteiger partial charge in [-0.25, -0.2) is 0 Å². The Balaban J connectivity index is 0.0000000613. The molecule has 0 aromatic heterocycles. The summed E-state index contributed by atoms with van der Waals surface area (Å²) in [6, 6.07) is 0. The van der Waals surface area contributed by atoms with Crippen LogP contribution in [0.25, 0.3) is 0 Å². The van der Waals surface area contributed by atoms with E-state index in [2.05, 4.69) is 0 Å². The molecule has 0 nitrogen and oxygen atoms in total. The van der Waals surface area contributed by atoms with Gasteiger partial charge in [-0.1, -0.05) is 0 Å². The molecule has 24 fully saturated rings. The first-order chi connectivity index (χ1) is 26.5. The fourth-order valence-corrected chi connectivity index (χ4v) is 28.5. The molecular formula is C54H72B2. The van der Waals surface area contributed by atoms with Crippen molar-refractivity contribution in [1.82, 2.24) is 0 Å². The molecule has 0 aromatic carbocycles. The molecule has 0 heterocycles. The van der Waals surface area contributed by atoms with Crippen LogP contribution in [0, 0.1) is 175 Å². The van der Waals surface area contributed by atoms with E-state index in [1.165, 1.54) is 142 Å². The summed E-state index contributed by atoms with van der Waals surface area (Å²) < 4.78 is 0. The van der Waals surface area contributed by atoms with Crippen LogP contribution in [-0.4, -0.2) is 16.8 Å². The highest BCUT2D eigenvalue weighted by Crippen LogP contribution is 2.91. The minimum atomic E-state index is 0. The Morgan fingerprint density at radius 2 is 0.179 bits per heavy atom. The van der Waals surface area contributed by atoms with Crippen LogP contribution in [0.1, 0.15) is 154 Å². The van der Waals surface area contributed by atoms with Gasteiger partial charge in [-0.15, -0.1) is 0 Å². The summed E-state index contributed by atoms with van der Waals surface area (Å²) >= 11 is 0. The Morgan fingerprint density at radius 3 is 0.196 bits per heavy atom. The van der Waals surface area contributed by atoms with Crippen molar-refractivity contribution in [3.63, 3.8) is 0 Å². The predicted molar refractivity (Wildman–Crippen MR) is 221 cm³/mol. The molecule has 2 heteroatoms. The minimum absolute atomic E-state index is 0. The van der Waals surface area contributed by atoms with Crippen molar-refractivity contribution in [2.24, 2.45) is 175 Å². The second-order valence-electron chi connectivity index (χ2n) is 28.4. The standard InChI is InChI=1S/6C9H12.2B/c6*1-5-2-7-4-8-3-6(1)9(5,7)8;;/h6*5-8H,1-4H2;;. The monoisotopic (exact) mass is 743 g/mol. The lowest BCUT2D eigenvalue weighted by atomic mass is 9.18. The lowest BCUT2D eigenvalue weighted by molar-refractivity contribution is -0.376. The second-order valence-corrected chi connectivity index (χ2v) is 28.4. The lowest BCUT2D eigenvalue weighted by Gasteiger charge is -2.86. The van der Waals surface area contributed by atoms with Crippen molar-refractivity contribution in [2.45, 2.75) is 154 Å². The highest BCUT2D eigenvalue weighted by atomic mass is 14.9. The van der Waals surface area contributed by atoms with Crippen molar-refractivity contribution >= 4 is 16.8 Å². The van der Waals surface area contributed by atoms with Crippen molar-refractivity contribution in [3.05, 3.63) is 0 Å². The molecule has 0 atom stereocenters. The molecular weight excluding hydrogens is 670 g/mol. The van der Waals surface area contributed by atoms with Crippen LogP contribution in [0.5, 0.6) is 0 Å².